The van der Waals surface area contributed by atoms with Crippen molar-refractivity contribution < 1.29 is 13.5 Å². The summed E-state index contributed by atoms with van der Waals surface area (Å²) in [5.41, 5.74) is 0. The summed E-state index contributed by atoms with van der Waals surface area (Å²) < 4.78 is 31.3. The quantitative estimate of drug-likeness (QED) is 0.680. The molecule has 2 rings (SSSR count). The molecular weight excluding hydrogens is 236 g/mol. The molecule has 0 saturated heterocycles. The Hall–Kier alpha value is -0.720. The molecule has 1 aliphatic rings. The predicted octanol–water partition coefficient (Wildman–Crippen LogP) is 1.07. The Morgan fingerprint density at radius 1 is 1.58 bits per heavy atom. The normalized spacial score (nSPS) is 19.9. The van der Waals surface area contributed by atoms with Crippen LogP contribution >= 0.6 is 15.9 Å². The zero-order chi connectivity index (χ0) is 8.77. The Bertz CT molecular complexity index is 314. The van der Waals surface area contributed by atoms with E-state index in [4.69, 9.17) is 0 Å². The van der Waals surface area contributed by atoms with Gasteiger partial charge in [-0.1, -0.05) is 0 Å². The van der Waals surface area contributed by atoms with Crippen LogP contribution in [-0.4, -0.2) is 27.3 Å². The van der Waals surface area contributed by atoms with E-state index in [1.54, 1.807) is 0 Å². The molecule has 0 atom stereocenters. The Labute approximate surface area is 74.7 Å². The van der Waals surface area contributed by atoms with Crippen molar-refractivity contribution in [2.75, 3.05) is 6.61 Å². The maximum absolute atomic E-state index is 12.7. The summed E-state index contributed by atoms with van der Waals surface area (Å²) in [6, 6.07) is 0.132. The van der Waals surface area contributed by atoms with Gasteiger partial charge in [-0.25, -0.2) is 13.5 Å². The number of rotatable bonds is 0. The first-order valence-electron chi connectivity index (χ1n) is 3.18. The number of fused-ring (bicyclic) bond motifs is 1. The minimum atomic E-state index is -2.85. The van der Waals surface area contributed by atoms with Crippen LogP contribution < -0.4 is 4.74 Å². The Morgan fingerprint density at radius 2 is 2.33 bits per heavy atom. The molecule has 66 valence electrons. The SMILES string of the molecule is FC1(F)COc2nc(Br)nn2C1. The van der Waals surface area contributed by atoms with E-state index in [9.17, 15) is 8.78 Å². The third-order valence-corrected chi connectivity index (χ3v) is 1.74. The molecule has 0 radical (unpaired) electrons. The molecule has 0 saturated carbocycles. The minimum absolute atomic E-state index is 0.132. The van der Waals surface area contributed by atoms with Crippen molar-refractivity contribution in [1.82, 2.24) is 14.8 Å². The highest BCUT2D eigenvalue weighted by Gasteiger charge is 2.37. The van der Waals surface area contributed by atoms with Gasteiger partial charge in [0, 0.05) is 0 Å². The molecule has 1 aliphatic heterocycles. The van der Waals surface area contributed by atoms with Crippen LogP contribution in [0.5, 0.6) is 6.01 Å². The van der Waals surface area contributed by atoms with Crippen LogP contribution in [0.4, 0.5) is 8.78 Å². The zero-order valence-corrected chi connectivity index (χ0v) is 7.38. The van der Waals surface area contributed by atoms with Crippen molar-refractivity contribution in [3.8, 4) is 6.01 Å². The van der Waals surface area contributed by atoms with E-state index >= 15 is 0 Å². The topological polar surface area (TPSA) is 39.9 Å². The smallest absolute Gasteiger partial charge is 0.316 e. The lowest BCUT2D eigenvalue weighted by molar-refractivity contribution is -0.0812. The van der Waals surface area contributed by atoms with Crippen LogP contribution in [0, 0.1) is 0 Å². The van der Waals surface area contributed by atoms with Crippen molar-refractivity contribution in [3.63, 3.8) is 0 Å². The van der Waals surface area contributed by atoms with Crippen LogP contribution in [0.1, 0.15) is 0 Å². The summed E-state index contributed by atoms with van der Waals surface area (Å²) in [5.74, 6) is -2.85. The molecule has 7 heteroatoms. The molecule has 12 heavy (non-hydrogen) atoms. The minimum Gasteiger partial charge on any atom is -0.457 e. The fourth-order valence-corrected chi connectivity index (χ4v) is 1.29. The van der Waals surface area contributed by atoms with Gasteiger partial charge >= 0.3 is 11.9 Å². The molecule has 0 amide bonds. The monoisotopic (exact) mass is 239 g/mol. The van der Waals surface area contributed by atoms with Gasteiger partial charge in [0.1, 0.15) is 6.54 Å². The highest BCUT2D eigenvalue weighted by Crippen LogP contribution is 2.26. The van der Waals surface area contributed by atoms with Crippen LogP contribution in [0.3, 0.4) is 0 Å². The second-order valence-corrected chi connectivity index (χ2v) is 3.17. The van der Waals surface area contributed by atoms with Gasteiger partial charge in [-0.3, -0.25) is 0 Å². The van der Waals surface area contributed by atoms with Crippen molar-refractivity contribution in [2.45, 2.75) is 12.5 Å². The first-order valence-corrected chi connectivity index (χ1v) is 3.97. The molecule has 1 aromatic heterocycles. The van der Waals surface area contributed by atoms with Gasteiger partial charge < -0.3 is 4.74 Å². The molecule has 0 aliphatic carbocycles. The largest absolute Gasteiger partial charge is 0.457 e. The Balaban J connectivity index is 2.34. The number of hydrogen-bond acceptors (Lipinski definition) is 3. The highest BCUT2D eigenvalue weighted by molar-refractivity contribution is 9.10. The van der Waals surface area contributed by atoms with Crippen LogP contribution in [0.2, 0.25) is 0 Å². The molecule has 0 aromatic carbocycles. The van der Waals surface area contributed by atoms with Gasteiger partial charge in [0.25, 0.3) is 0 Å². The lowest BCUT2D eigenvalue weighted by Gasteiger charge is -2.21. The molecule has 0 unspecified atom stereocenters. The third kappa shape index (κ3) is 1.28. The third-order valence-electron chi connectivity index (χ3n) is 1.41. The summed E-state index contributed by atoms with van der Waals surface area (Å²) in [4.78, 5) is 3.73. The summed E-state index contributed by atoms with van der Waals surface area (Å²) in [5, 5.41) is 3.66. The van der Waals surface area contributed by atoms with E-state index in [1.165, 1.54) is 0 Å². The standard InChI is InChI=1S/C5H4BrF2N3O/c6-3-9-4-11(10-3)1-5(7,8)2-12-4/h1-2H2. The second-order valence-electron chi connectivity index (χ2n) is 2.47. The van der Waals surface area contributed by atoms with E-state index in [2.05, 4.69) is 30.7 Å². The number of nitrogens with zero attached hydrogens (tertiary/aromatic N) is 3. The first kappa shape index (κ1) is 7.90. The van der Waals surface area contributed by atoms with E-state index in [0.717, 1.165) is 4.68 Å². The molecule has 2 heterocycles. The molecule has 0 spiro atoms. The number of aromatic nitrogens is 3. The Morgan fingerprint density at radius 3 is 3.08 bits per heavy atom. The summed E-state index contributed by atoms with van der Waals surface area (Å²) >= 11 is 2.96. The number of alkyl halides is 2. The average Bonchev–Trinajstić information content (AvgIpc) is 2.26. The number of halogens is 3. The fraction of sp³-hybridized carbons (Fsp3) is 0.600. The summed E-state index contributed by atoms with van der Waals surface area (Å²) in [6.45, 7) is -1.10. The predicted molar refractivity (Wildman–Crippen MR) is 38.2 cm³/mol. The molecular formula is C5H4BrF2N3O. The molecule has 4 nitrogen and oxygen atoms in total. The maximum Gasteiger partial charge on any atom is 0.316 e. The van der Waals surface area contributed by atoms with Crippen LogP contribution in [0.25, 0.3) is 0 Å². The van der Waals surface area contributed by atoms with Gasteiger partial charge in [-0.2, -0.15) is 4.98 Å². The first-order chi connectivity index (χ1) is 5.57. The maximum atomic E-state index is 12.7. The van der Waals surface area contributed by atoms with Gasteiger partial charge in [0.15, 0.2) is 6.61 Å². The van der Waals surface area contributed by atoms with Crippen molar-refractivity contribution in [2.24, 2.45) is 0 Å². The number of hydrogen-bond donors (Lipinski definition) is 0. The van der Waals surface area contributed by atoms with E-state index in [-0.39, 0.29) is 10.7 Å². The van der Waals surface area contributed by atoms with E-state index in [1.807, 2.05) is 0 Å². The summed E-state index contributed by atoms with van der Waals surface area (Å²) in [7, 11) is 0. The van der Waals surface area contributed by atoms with Gasteiger partial charge in [-0.15, -0.1) is 5.10 Å². The van der Waals surface area contributed by atoms with Gasteiger partial charge in [0.05, 0.1) is 0 Å². The van der Waals surface area contributed by atoms with Crippen molar-refractivity contribution in [1.29, 1.82) is 0 Å². The van der Waals surface area contributed by atoms with Crippen LogP contribution in [0.15, 0.2) is 4.73 Å². The Kier molecular flexibility index (Phi) is 1.57. The van der Waals surface area contributed by atoms with Gasteiger partial charge in [0.2, 0.25) is 4.73 Å². The number of ether oxygens (including phenoxy) is 1. The van der Waals surface area contributed by atoms with Gasteiger partial charge in [-0.05, 0) is 15.9 Å². The van der Waals surface area contributed by atoms with Crippen molar-refractivity contribution in [3.05, 3.63) is 4.73 Å². The zero-order valence-electron chi connectivity index (χ0n) is 5.80. The van der Waals surface area contributed by atoms with Crippen LogP contribution in [-0.2, 0) is 6.54 Å². The average molecular weight is 240 g/mol. The molecule has 0 bridgehead atoms. The fourth-order valence-electron chi connectivity index (χ4n) is 0.946. The van der Waals surface area contributed by atoms with Crippen molar-refractivity contribution >= 4 is 15.9 Å². The lowest BCUT2D eigenvalue weighted by Crippen LogP contribution is -2.36. The lowest BCUT2D eigenvalue weighted by atomic mass is 10.3. The van der Waals surface area contributed by atoms with E-state index in [0.29, 0.717) is 0 Å². The highest BCUT2D eigenvalue weighted by atomic mass is 79.9. The summed E-state index contributed by atoms with van der Waals surface area (Å²) in [6.07, 6.45) is 0. The second kappa shape index (κ2) is 2.38. The molecule has 0 fully saturated rings. The molecule has 1 aromatic rings. The van der Waals surface area contributed by atoms with E-state index < -0.39 is 19.1 Å². The molecule has 0 N–H and O–H groups in total.